The number of rotatable bonds is 6. The summed E-state index contributed by atoms with van der Waals surface area (Å²) in [5.74, 6) is -0.687. The first-order valence-corrected chi connectivity index (χ1v) is 9.18. The second kappa shape index (κ2) is 8.89. The van der Waals surface area contributed by atoms with Crippen LogP contribution in [0.3, 0.4) is 0 Å². The van der Waals surface area contributed by atoms with Gasteiger partial charge in [-0.15, -0.1) is 0 Å². The van der Waals surface area contributed by atoms with E-state index < -0.39 is 11.8 Å². The third kappa shape index (κ3) is 5.00. The Morgan fingerprint density at radius 1 is 1.30 bits per heavy atom. The van der Waals surface area contributed by atoms with Gasteiger partial charge >= 0.3 is 5.97 Å². The number of halogens is 1. The number of nitrogens with zero attached hydrogens (tertiary/aromatic N) is 1. The van der Waals surface area contributed by atoms with Crippen LogP contribution in [0.15, 0.2) is 41.8 Å². The summed E-state index contributed by atoms with van der Waals surface area (Å²) in [5, 5.41) is 8.73. The smallest absolute Gasteiger partial charge is 0.328 e. The number of carboxylic acid groups (broad SMARTS) is 1. The number of hydrogen-bond acceptors (Lipinski definition) is 3. The monoisotopic (exact) mass is 373 g/mol. The minimum absolute atomic E-state index is 0.365. The normalized spacial score (nSPS) is 15.8. The Bertz CT molecular complexity index is 789. The van der Waals surface area contributed by atoms with E-state index in [1.165, 1.54) is 17.7 Å². The molecule has 0 bridgehead atoms. The number of carbonyl (C=O) groups is 1. The number of ether oxygens (including phenoxy) is 1. The Hall–Kier alpha value is -2.56. The van der Waals surface area contributed by atoms with Gasteiger partial charge in [-0.25, -0.2) is 9.18 Å². The van der Waals surface area contributed by atoms with Crippen molar-refractivity contribution in [1.29, 1.82) is 0 Å². The molecule has 0 aromatic heterocycles. The summed E-state index contributed by atoms with van der Waals surface area (Å²) < 4.78 is 20.2. The third-order valence-corrected chi connectivity index (χ3v) is 4.76. The Morgan fingerprint density at radius 3 is 2.59 bits per heavy atom. The summed E-state index contributed by atoms with van der Waals surface area (Å²) >= 11 is 0. The van der Waals surface area contributed by atoms with Crippen molar-refractivity contribution in [2.24, 2.45) is 0 Å². The van der Waals surface area contributed by atoms with Gasteiger partial charge in [-0.1, -0.05) is 6.08 Å². The number of anilines is 1. The molecule has 0 amide bonds. The molecule has 0 spiro atoms. The lowest BCUT2D eigenvalue weighted by Gasteiger charge is -2.36. The second-order valence-corrected chi connectivity index (χ2v) is 7.11. The van der Waals surface area contributed by atoms with E-state index in [2.05, 4.69) is 18.7 Å². The number of allylic oxidation sites excluding steroid dienone is 5. The van der Waals surface area contributed by atoms with Gasteiger partial charge in [0.15, 0.2) is 0 Å². The number of carboxylic acids is 1. The molecule has 1 aliphatic heterocycles. The van der Waals surface area contributed by atoms with E-state index in [-0.39, 0.29) is 0 Å². The molecule has 0 aliphatic carbocycles. The van der Waals surface area contributed by atoms with Crippen molar-refractivity contribution in [3.8, 4) is 5.75 Å². The van der Waals surface area contributed by atoms with Crippen LogP contribution >= 0.6 is 0 Å². The molecule has 2 rings (SSSR count). The van der Waals surface area contributed by atoms with E-state index in [0.29, 0.717) is 17.2 Å². The average molecular weight is 373 g/mol. The molecule has 5 heteroatoms. The molecule has 0 saturated carbocycles. The van der Waals surface area contributed by atoms with Crippen LogP contribution in [0, 0.1) is 0 Å². The van der Waals surface area contributed by atoms with Crippen molar-refractivity contribution >= 4 is 17.2 Å². The van der Waals surface area contributed by atoms with E-state index >= 15 is 0 Å². The molecule has 0 unspecified atom stereocenters. The fourth-order valence-corrected chi connectivity index (χ4v) is 3.33. The highest BCUT2D eigenvalue weighted by atomic mass is 19.1. The lowest BCUT2D eigenvalue weighted by molar-refractivity contribution is -0.131. The van der Waals surface area contributed by atoms with Crippen molar-refractivity contribution in [3.05, 3.63) is 52.9 Å². The lowest BCUT2D eigenvalue weighted by atomic mass is 9.94. The molecule has 1 aromatic rings. The molecule has 1 aromatic carbocycles. The van der Waals surface area contributed by atoms with Gasteiger partial charge in [-0.2, -0.15) is 0 Å². The standard InChI is InChI=1S/C22H28FNO3/c1-14(2)24-10-6-7-17-12-18(13-20(27-5)22(17)24)16(4)19(23)9-8-15(3)11-21(25)26/h8-9,11-14H,6-7,10H2,1-5H3,(H,25,26). The summed E-state index contributed by atoms with van der Waals surface area (Å²) in [7, 11) is 1.64. The molecule has 0 atom stereocenters. The van der Waals surface area contributed by atoms with Gasteiger partial charge in [0.1, 0.15) is 11.6 Å². The molecule has 0 radical (unpaired) electrons. The fourth-order valence-electron chi connectivity index (χ4n) is 3.33. The number of methoxy groups -OCH3 is 1. The van der Waals surface area contributed by atoms with E-state index in [9.17, 15) is 9.18 Å². The largest absolute Gasteiger partial charge is 0.495 e. The van der Waals surface area contributed by atoms with Gasteiger partial charge in [0.25, 0.3) is 0 Å². The highest BCUT2D eigenvalue weighted by molar-refractivity contribution is 5.81. The van der Waals surface area contributed by atoms with Gasteiger partial charge in [0, 0.05) is 18.7 Å². The molecule has 1 aliphatic rings. The molecule has 0 saturated heterocycles. The van der Waals surface area contributed by atoms with Crippen molar-refractivity contribution in [2.75, 3.05) is 18.6 Å². The molecule has 27 heavy (non-hydrogen) atoms. The van der Waals surface area contributed by atoms with Crippen LogP contribution in [-0.2, 0) is 11.2 Å². The van der Waals surface area contributed by atoms with Gasteiger partial charge < -0.3 is 14.7 Å². The van der Waals surface area contributed by atoms with Crippen LogP contribution < -0.4 is 9.64 Å². The van der Waals surface area contributed by atoms with Crippen LogP contribution in [0.2, 0.25) is 0 Å². The topological polar surface area (TPSA) is 49.8 Å². The predicted octanol–water partition coefficient (Wildman–Crippen LogP) is 5.14. The summed E-state index contributed by atoms with van der Waals surface area (Å²) in [5.41, 5.74) is 4.02. The minimum atomic E-state index is -1.05. The SMILES string of the molecule is COc1cc(C(C)=C(F)C=CC(C)=CC(=O)O)cc2c1N(C(C)C)CCC2. The average Bonchev–Trinajstić information content (AvgIpc) is 2.63. The Balaban J connectivity index is 2.44. The van der Waals surface area contributed by atoms with Gasteiger partial charge in [-0.3, -0.25) is 0 Å². The zero-order valence-corrected chi connectivity index (χ0v) is 16.7. The predicted molar refractivity (Wildman–Crippen MR) is 108 cm³/mol. The minimum Gasteiger partial charge on any atom is -0.495 e. The number of benzene rings is 1. The maximum absolute atomic E-state index is 14.6. The van der Waals surface area contributed by atoms with Crippen molar-refractivity contribution in [1.82, 2.24) is 0 Å². The molecule has 0 fully saturated rings. The third-order valence-electron chi connectivity index (χ3n) is 4.76. The quantitative estimate of drug-likeness (QED) is 0.554. The molecule has 1 N–H and O–H groups in total. The second-order valence-electron chi connectivity index (χ2n) is 7.11. The van der Waals surface area contributed by atoms with E-state index in [4.69, 9.17) is 9.84 Å². The highest BCUT2D eigenvalue weighted by Crippen LogP contribution is 2.40. The summed E-state index contributed by atoms with van der Waals surface area (Å²) in [6.45, 7) is 8.65. The van der Waals surface area contributed by atoms with Crippen LogP contribution in [0.5, 0.6) is 5.75 Å². The van der Waals surface area contributed by atoms with Crippen molar-refractivity contribution < 1.29 is 19.0 Å². The summed E-state index contributed by atoms with van der Waals surface area (Å²) in [6, 6.07) is 4.28. The molecule has 4 nitrogen and oxygen atoms in total. The number of fused-ring (bicyclic) bond motifs is 1. The summed E-state index contributed by atoms with van der Waals surface area (Å²) in [4.78, 5) is 13.0. The van der Waals surface area contributed by atoms with Crippen molar-refractivity contribution in [2.45, 2.75) is 46.6 Å². The fraction of sp³-hybridized carbons (Fsp3) is 0.409. The number of aryl methyl sites for hydroxylation is 1. The van der Waals surface area contributed by atoms with Crippen LogP contribution in [0.25, 0.3) is 5.57 Å². The van der Waals surface area contributed by atoms with E-state index in [1.807, 2.05) is 12.1 Å². The number of aliphatic carboxylic acids is 1. The van der Waals surface area contributed by atoms with E-state index in [0.717, 1.165) is 42.5 Å². The molecule has 146 valence electrons. The van der Waals surface area contributed by atoms with Gasteiger partial charge in [0.05, 0.1) is 12.8 Å². The summed E-state index contributed by atoms with van der Waals surface area (Å²) in [6.07, 6.45) is 5.80. The number of hydrogen-bond donors (Lipinski definition) is 1. The highest BCUT2D eigenvalue weighted by Gasteiger charge is 2.24. The zero-order chi connectivity index (χ0) is 20.1. The molecular formula is C22H28FNO3. The first-order chi connectivity index (χ1) is 12.7. The first-order valence-electron chi connectivity index (χ1n) is 9.18. The Morgan fingerprint density at radius 2 is 2.00 bits per heavy atom. The van der Waals surface area contributed by atoms with Crippen LogP contribution in [-0.4, -0.2) is 30.8 Å². The molecule has 1 heterocycles. The maximum Gasteiger partial charge on any atom is 0.328 e. The van der Waals surface area contributed by atoms with E-state index in [1.54, 1.807) is 21.0 Å². The van der Waals surface area contributed by atoms with Crippen molar-refractivity contribution in [3.63, 3.8) is 0 Å². The Labute approximate surface area is 160 Å². The molecular weight excluding hydrogens is 345 g/mol. The van der Waals surface area contributed by atoms with Crippen LogP contribution in [0.4, 0.5) is 10.1 Å². The van der Waals surface area contributed by atoms with Crippen LogP contribution in [0.1, 0.15) is 45.2 Å². The van der Waals surface area contributed by atoms with Gasteiger partial charge in [0.2, 0.25) is 0 Å². The lowest BCUT2D eigenvalue weighted by Crippen LogP contribution is -2.35. The van der Waals surface area contributed by atoms with Gasteiger partial charge in [-0.05, 0) is 81.0 Å². The Kier molecular flexibility index (Phi) is 6.83. The first kappa shape index (κ1) is 20.7. The maximum atomic E-state index is 14.6. The zero-order valence-electron chi connectivity index (χ0n) is 16.7.